The third-order valence-corrected chi connectivity index (χ3v) is 7.96. The zero-order valence-corrected chi connectivity index (χ0v) is 25.8. The van der Waals surface area contributed by atoms with Gasteiger partial charge in [-0.1, -0.05) is 46.8 Å². The molecule has 13 heteroatoms. The largest absolute Gasteiger partial charge is 0.493 e. The number of carboxylic acid groups (broad SMARTS) is 1. The molecule has 4 bridgehead atoms. The highest BCUT2D eigenvalue weighted by Gasteiger charge is 2.46. The molecule has 0 radical (unpaired) electrons. The Hall–Kier alpha value is -4.81. The van der Waals surface area contributed by atoms with E-state index in [1.54, 1.807) is 39.0 Å². The second kappa shape index (κ2) is 11.3. The maximum Gasteiger partial charge on any atom is 0.407 e. The third kappa shape index (κ3) is 6.11. The number of amides is 2. The van der Waals surface area contributed by atoms with Crippen LogP contribution in [-0.2, 0) is 14.3 Å². The molecule has 2 amide bonds. The van der Waals surface area contributed by atoms with E-state index in [9.17, 15) is 19.5 Å². The number of carboxylic acids is 1. The minimum Gasteiger partial charge on any atom is -0.493 e. The molecule has 3 aromatic rings. The van der Waals surface area contributed by atoms with Gasteiger partial charge in [0, 0.05) is 17.4 Å². The summed E-state index contributed by atoms with van der Waals surface area (Å²) in [6.07, 6.45) is -1.54. The van der Waals surface area contributed by atoms with Crippen molar-refractivity contribution in [3.8, 4) is 34.4 Å². The summed E-state index contributed by atoms with van der Waals surface area (Å²) in [7, 11) is 0. The number of nitrogens with one attached hydrogen (secondary N) is 1. The van der Waals surface area contributed by atoms with Crippen LogP contribution in [0.1, 0.15) is 41.0 Å². The van der Waals surface area contributed by atoms with E-state index in [2.05, 4.69) is 5.32 Å². The standard InChI is InChI=1S/C32H36N4O9/c1-31(2,3)26-28(37)36-13-19(12-21(36)29(38)39)45-27-23(33-20-9-10-22-25(24(20)34-27)44-16-43-22)17-7-6-8-18(11-17)41-14-32(4,5)15-42-30(40)35-26/h6-11,19,21,26H,12-16H2,1-5H3,(H,35,40)(H,38,39)/t19?,21-,26+/m0/s1. The van der Waals surface area contributed by atoms with E-state index in [0.717, 1.165) is 0 Å². The van der Waals surface area contributed by atoms with E-state index in [1.807, 2.05) is 32.0 Å². The van der Waals surface area contributed by atoms with Gasteiger partial charge in [0.2, 0.25) is 18.6 Å². The number of ether oxygens (including phenoxy) is 5. The number of fused-ring (bicyclic) bond motifs is 9. The number of aliphatic carboxylic acids is 1. The topological polar surface area (TPSA) is 159 Å². The molecule has 0 aliphatic carbocycles. The van der Waals surface area contributed by atoms with E-state index in [-0.39, 0.29) is 38.9 Å². The average Bonchev–Trinajstić information content (AvgIpc) is 3.64. The Labute approximate surface area is 259 Å². The first-order valence-electron chi connectivity index (χ1n) is 14.8. The number of benzene rings is 2. The molecule has 1 unspecified atom stereocenters. The van der Waals surface area contributed by atoms with Crippen LogP contribution < -0.4 is 24.3 Å². The Bertz CT molecular complexity index is 1670. The molecule has 6 rings (SSSR count). The lowest BCUT2D eigenvalue weighted by Crippen LogP contribution is -2.57. The van der Waals surface area contributed by atoms with Crippen molar-refractivity contribution in [3.63, 3.8) is 0 Å². The van der Waals surface area contributed by atoms with Crippen LogP contribution >= 0.6 is 0 Å². The van der Waals surface area contributed by atoms with E-state index in [4.69, 9.17) is 33.7 Å². The van der Waals surface area contributed by atoms with Crippen molar-refractivity contribution in [1.29, 1.82) is 0 Å². The lowest BCUT2D eigenvalue weighted by Gasteiger charge is -2.34. The summed E-state index contributed by atoms with van der Waals surface area (Å²) >= 11 is 0. The van der Waals surface area contributed by atoms with Crippen molar-refractivity contribution in [2.45, 2.75) is 59.2 Å². The normalized spacial score (nSPS) is 23.1. The molecule has 13 nitrogen and oxygen atoms in total. The predicted octanol–water partition coefficient (Wildman–Crippen LogP) is 4.02. The number of alkyl carbamates (subject to hydrolysis) is 1. The minimum atomic E-state index is -1.19. The van der Waals surface area contributed by atoms with Gasteiger partial charge in [0.15, 0.2) is 11.5 Å². The zero-order chi connectivity index (χ0) is 32.1. The van der Waals surface area contributed by atoms with Gasteiger partial charge in [-0.05, 0) is 29.7 Å². The molecular weight excluding hydrogens is 584 g/mol. The molecule has 45 heavy (non-hydrogen) atoms. The fourth-order valence-corrected chi connectivity index (χ4v) is 5.55. The summed E-state index contributed by atoms with van der Waals surface area (Å²) in [5.41, 5.74) is 0.681. The van der Waals surface area contributed by atoms with Crippen molar-refractivity contribution in [2.75, 3.05) is 26.6 Å². The summed E-state index contributed by atoms with van der Waals surface area (Å²) in [6, 6.07) is 8.56. The van der Waals surface area contributed by atoms with Crippen molar-refractivity contribution >= 4 is 29.0 Å². The van der Waals surface area contributed by atoms with E-state index in [0.29, 0.717) is 39.5 Å². The van der Waals surface area contributed by atoms with E-state index >= 15 is 0 Å². The van der Waals surface area contributed by atoms with E-state index in [1.165, 1.54) is 4.90 Å². The lowest BCUT2D eigenvalue weighted by atomic mass is 9.85. The number of rotatable bonds is 1. The zero-order valence-electron chi connectivity index (χ0n) is 25.8. The smallest absolute Gasteiger partial charge is 0.407 e. The minimum absolute atomic E-state index is 0.00854. The number of cyclic esters (lactones) is 1. The number of aromatic nitrogens is 2. The average molecular weight is 621 g/mol. The van der Waals surface area contributed by atoms with Crippen molar-refractivity contribution in [3.05, 3.63) is 36.4 Å². The first-order chi connectivity index (χ1) is 21.3. The molecule has 4 heterocycles. The van der Waals surface area contributed by atoms with Crippen LogP contribution in [0.3, 0.4) is 0 Å². The van der Waals surface area contributed by atoms with Crippen LogP contribution in [0.2, 0.25) is 0 Å². The van der Waals surface area contributed by atoms with Gasteiger partial charge in [0.25, 0.3) is 0 Å². The molecule has 0 spiro atoms. The summed E-state index contributed by atoms with van der Waals surface area (Å²) < 4.78 is 29.3. The van der Waals surface area contributed by atoms with E-state index < -0.39 is 47.0 Å². The van der Waals surface area contributed by atoms with Gasteiger partial charge in [-0.25, -0.2) is 19.6 Å². The molecule has 3 atom stereocenters. The third-order valence-electron chi connectivity index (χ3n) is 7.96. The van der Waals surface area contributed by atoms with Crippen molar-refractivity contribution < 1.29 is 43.2 Å². The maximum absolute atomic E-state index is 14.0. The monoisotopic (exact) mass is 620 g/mol. The molecule has 0 saturated carbocycles. The molecule has 1 fully saturated rings. The fraction of sp³-hybridized carbons (Fsp3) is 0.469. The maximum atomic E-state index is 14.0. The van der Waals surface area contributed by atoms with Gasteiger partial charge in [0.05, 0.1) is 18.7 Å². The number of carbonyl (C=O) groups excluding carboxylic acids is 2. The molecule has 2 N–H and O–H groups in total. The van der Waals surface area contributed by atoms with Gasteiger partial charge in [-0.2, -0.15) is 0 Å². The van der Waals surface area contributed by atoms with Crippen LogP contribution in [0.15, 0.2) is 36.4 Å². The van der Waals surface area contributed by atoms with Gasteiger partial charge < -0.3 is 39.0 Å². The van der Waals surface area contributed by atoms with Crippen LogP contribution in [0, 0.1) is 10.8 Å². The highest BCUT2D eigenvalue weighted by molar-refractivity contribution is 5.91. The SMILES string of the molecule is CC1(C)COC(=O)N[C@@H](C(C)(C)C)C(=O)N2CC(C[C@H]2C(=O)O)Oc2nc3c4c(ccc3nc2-c2cccc(c2)OC1)OCO4. The second-order valence-electron chi connectivity index (χ2n) is 13.4. The first-order valence-corrected chi connectivity index (χ1v) is 14.8. The Kier molecular flexibility index (Phi) is 7.58. The summed E-state index contributed by atoms with van der Waals surface area (Å²) in [5.74, 6) is -0.0814. The molecule has 238 valence electrons. The van der Waals surface area contributed by atoms with Gasteiger partial charge in [0.1, 0.15) is 41.8 Å². The van der Waals surface area contributed by atoms with Crippen LogP contribution in [-0.4, -0.2) is 82.7 Å². The van der Waals surface area contributed by atoms with Crippen LogP contribution in [0.4, 0.5) is 4.79 Å². The molecule has 3 aliphatic rings. The summed E-state index contributed by atoms with van der Waals surface area (Å²) in [5, 5.41) is 12.8. The highest BCUT2D eigenvalue weighted by Crippen LogP contribution is 2.41. The number of nitrogens with zero attached hydrogens (tertiary/aromatic N) is 3. The number of hydrogen-bond donors (Lipinski definition) is 2. The number of hydrogen-bond acceptors (Lipinski definition) is 10. The Morgan fingerprint density at radius 3 is 2.58 bits per heavy atom. The molecule has 2 aromatic carbocycles. The Morgan fingerprint density at radius 2 is 1.82 bits per heavy atom. The van der Waals surface area contributed by atoms with Gasteiger partial charge in [-0.3, -0.25) is 4.79 Å². The predicted molar refractivity (Wildman–Crippen MR) is 160 cm³/mol. The summed E-state index contributed by atoms with van der Waals surface area (Å²) in [6.45, 7) is 9.36. The molecule has 1 saturated heterocycles. The molecule has 1 aromatic heterocycles. The van der Waals surface area contributed by atoms with Crippen molar-refractivity contribution in [2.24, 2.45) is 10.8 Å². The van der Waals surface area contributed by atoms with Crippen LogP contribution in [0.5, 0.6) is 23.1 Å². The van der Waals surface area contributed by atoms with Gasteiger partial charge in [-0.15, -0.1) is 0 Å². The highest BCUT2D eigenvalue weighted by atomic mass is 16.7. The molecule has 3 aliphatic heterocycles. The molecular formula is C32H36N4O9. The van der Waals surface area contributed by atoms with Gasteiger partial charge >= 0.3 is 12.1 Å². The summed E-state index contributed by atoms with van der Waals surface area (Å²) in [4.78, 5) is 50.3. The number of carbonyl (C=O) groups is 3. The fourth-order valence-electron chi connectivity index (χ4n) is 5.55. The second-order valence-corrected chi connectivity index (χ2v) is 13.4. The first kappa shape index (κ1) is 30.2. The Balaban J connectivity index is 1.46. The Morgan fingerprint density at radius 1 is 1.04 bits per heavy atom. The quantitative estimate of drug-likeness (QED) is 0.405. The lowest BCUT2D eigenvalue weighted by molar-refractivity contribution is -0.150. The van der Waals surface area contributed by atoms with Crippen LogP contribution in [0.25, 0.3) is 22.3 Å². The van der Waals surface area contributed by atoms with Crippen molar-refractivity contribution in [1.82, 2.24) is 20.2 Å².